The van der Waals surface area contributed by atoms with Gasteiger partial charge in [-0.05, 0) is 24.1 Å². The van der Waals surface area contributed by atoms with Crippen molar-refractivity contribution in [2.75, 3.05) is 18.6 Å². The molecule has 1 rings (SSSR count). The number of esters is 1. The van der Waals surface area contributed by atoms with Crippen molar-refractivity contribution in [2.24, 2.45) is 0 Å². The van der Waals surface area contributed by atoms with Gasteiger partial charge in [-0.25, -0.2) is 0 Å². The highest BCUT2D eigenvalue weighted by atomic mass is 16.5. The summed E-state index contributed by atoms with van der Waals surface area (Å²) in [5.74, 6) is -0.314. The van der Waals surface area contributed by atoms with Crippen LogP contribution in [0.1, 0.15) is 11.1 Å². The summed E-state index contributed by atoms with van der Waals surface area (Å²) in [6.07, 6.45) is 0.166. The van der Waals surface area contributed by atoms with Crippen LogP contribution in [0.15, 0.2) is 12.1 Å². The van der Waals surface area contributed by atoms with Crippen LogP contribution >= 0.6 is 0 Å². The highest BCUT2D eigenvalue weighted by Crippen LogP contribution is 2.23. The van der Waals surface area contributed by atoms with Gasteiger partial charge < -0.3 is 16.2 Å². The number of nitrogen functional groups attached to an aromatic ring is 2. The predicted molar refractivity (Wildman–Crippen MR) is 55.7 cm³/mol. The van der Waals surface area contributed by atoms with Crippen LogP contribution in [0, 0.1) is 6.92 Å². The molecule has 4 N–H and O–H groups in total. The summed E-state index contributed by atoms with van der Waals surface area (Å²) in [7, 11) is 1.35. The monoisotopic (exact) mass is 194 g/mol. The summed E-state index contributed by atoms with van der Waals surface area (Å²) in [4.78, 5) is 11.1. The first-order valence-corrected chi connectivity index (χ1v) is 4.26. The van der Waals surface area contributed by atoms with E-state index in [-0.39, 0.29) is 12.4 Å². The van der Waals surface area contributed by atoms with Gasteiger partial charge in [0, 0.05) is 0 Å². The SMILES string of the molecule is COC(=O)Cc1c(C)ccc(N)c1N. The molecule has 0 heterocycles. The first-order chi connectivity index (χ1) is 6.56. The number of benzene rings is 1. The van der Waals surface area contributed by atoms with Crippen molar-refractivity contribution in [3.63, 3.8) is 0 Å². The van der Waals surface area contributed by atoms with Gasteiger partial charge in [0.1, 0.15) is 0 Å². The summed E-state index contributed by atoms with van der Waals surface area (Å²) in [5, 5.41) is 0. The highest BCUT2D eigenvalue weighted by molar-refractivity contribution is 5.79. The smallest absolute Gasteiger partial charge is 0.310 e. The molecule has 0 saturated carbocycles. The molecular formula is C10H14N2O2. The summed E-state index contributed by atoms with van der Waals surface area (Å²) in [6, 6.07) is 3.56. The zero-order valence-electron chi connectivity index (χ0n) is 8.33. The van der Waals surface area contributed by atoms with Gasteiger partial charge in [-0.3, -0.25) is 4.79 Å². The van der Waals surface area contributed by atoms with Gasteiger partial charge in [0.2, 0.25) is 0 Å². The Morgan fingerprint density at radius 3 is 2.64 bits per heavy atom. The number of methoxy groups -OCH3 is 1. The molecule has 1 aromatic rings. The standard InChI is InChI=1S/C10H14N2O2/c1-6-3-4-8(11)10(12)7(6)5-9(13)14-2/h3-4H,5,11-12H2,1-2H3. The Morgan fingerprint density at radius 2 is 2.07 bits per heavy atom. The first-order valence-electron chi connectivity index (χ1n) is 4.26. The van der Waals surface area contributed by atoms with Crippen molar-refractivity contribution >= 4 is 17.3 Å². The lowest BCUT2D eigenvalue weighted by molar-refractivity contribution is -0.139. The number of carbonyl (C=O) groups excluding carboxylic acids is 1. The first kappa shape index (κ1) is 10.4. The Labute approximate surface area is 82.8 Å². The van der Waals surface area contributed by atoms with Crippen LogP contribution in [0.4, 0.5) is 11.4 Å². The average molecular weight is 194 g/mol. The number of hydrogen-bond acceptors (Lipinski definition) is 4. The van der Waals surface area contributed by atoms with E-state index in [2.05, 4.69) is 4.74 Å². The molecule has 0 aliphatic rings. The van der Waals surface area contributed by atoms with E-state index in [9.17, 15) is 4.79 Å². The maximum atomic E-state index is 11.1. The Morgan fingerprint density at radius 1 is 1.43 bits per heavy atom. The number of ether oxygens (including phenoxy) is 1. The minimum Gasteiger partial charge on any atom is -0.469 e. The summed E-state index contributed by atoms with van der Waals surface area (Å²) < 4.78 is 4.57. The van der Waals surface area contributed by atoms with Crippen molar-refractivity contribution in [3.05, 3.63) is 23.3 Å². The van der Waals surface area contributed by atoms with E-state index >= 15 is 0 Å². The largest absolute Gasteiger partial charge is 0.469 e. The molecule has 0 radical (unpaired) electrons. The van der Waals surface area contributed by atoms with Crippen LogP contribution in [0.25, 0.3) is 0 Å². The van der Waals surface area contributed by atoms with Gasteiger partial charge in [-0.15, -0.1) is 0 Å². The van der Waals surface area contributed by atoms with Gasteiger partial charge in [0.05, 0.1) is 24.9 Å². The molecule has 14 heavy (non-hydrogen) atoms. The molecule has 76 valence electrons. The molecule has 4 heteroatoms. The van der Waals surface area contributed by atoms with Crippen LogP contribution in [0.3, 0.4) is 0 Å². The van der Waals surface area contributed by atoms with E-state index in [1.165, 1.54) is 7.11 Å². The molecule has 0 bridgehead atoms. The normalized spacial score (nSPS) is 9.86. The van der Waals surface area contributed by atoms with Crippen molar-refractivity contribution in [1.82, 2.24) is 0 Å². The molecule has 0 unspecified atom stereocenters. The molecule has 1 aromatic carbocycles. The second kappa shape index (κ2) is 4.00. The van der Waals surface area contributed by atoms with E-state index in [0.717, 1.165) is 11.1 Å². The molecule has 0 spiro atoms. The molecule has 0 aliphatic carbocycles. The maximum Gasteiger partial charge on any atom is 0.310 e. The van der Waals surface area contributed by atoms with Gasteiger partial charge in [-0.1, -0.05) is 6.07 Å². The predicted octanol–water partition coefficient (Wildman–Crippen LogP) is 0.875. The zero-order valence-corrected chi connectivity index (χ0v) is 8.33. The molecule has 0 saturated heterocycles. The lowest BCUT2D eigenvalue weighted by Gasteiger charge is -2.10. The van der Waals surface area contributed by atoms with Crippen LogP contribution in [0.5, 0.6) is 0 Å². The van der Waals surface area contributed by atoms with Crippen LogP contribution in [-0.2, 0) is 16.0 Å². The molecule has 4 nitrogen and oxygen atoms in total. The number of rotatable bonds is 2. The minimum absolute atomic E-state index is 0.166. The number of carbonyl (C=O) groups is 1. The highest BCUT2D eigenvalue weighted by Gasteiger charge is 2.10. The Bertz CT molecular complexity index is 361. The Kier molecular flexibility index (Phi) is 2.96. The van der Waals surface area contributed by atoms with Gasteiger partial charge in [0.15, 0.2) is 0 Å². The van der Waals surface area contributed by atoms with Crippen LogP contribution in [0.2, 0.25) is 0 Å². The van der Waals surface area contributed by atoms with Crippen molar-refractivity contribution in [3.8, 4) is 0 Å². The molecule has 0 fully saturated rings. The van der Waals surface area contributed by atoms with Crippen molar-refractivity contribution in [2.45, 2.75) is 13.3 Å². The van der Waals surface area contributed by atoms with E-state index in [1.807, 2.05) is 13.0 Å². The molecule has 0 aromatic heterocycles. The molecule has 0 atom stereocenters. The fourth-order valence-electron chi connectivity index (χ4n) is 1.24. The van der Waals surface area contributed by atoms with E-state index in [0.29, 0.717) is 11.4 Å². The Hall–Kier alpha value is -1.71. The maximum absolute atomic E-state index is 11.1. The van der Waals surface area contributed by atoms with Crippen molar-refractivity contribution in [1.29, 1.82) is 0 Å². The van der Waals surface area contributed by atoms with Crippen molar-refractivity contribution < 1.29 is 9.53 Å². The number of nitrogens with two attached hydrogens (primary N) is 2. The summed E-state index contributed by atoms with van der Waals surface area (Å²) in [5.41, 5.74) is 14.0. The average Bonchev–Trinajstić information content (AvgIpc) is 2.18. The minimum atomic E-state index is -0.314. The zero-order chi connectivity index (χ0) is 10.7. The van der Waals surface area contributed by atoms with E-state index in [1.54, 1.807) is 6.07 Å². The number of anilines is 2. The Balaban J connectivity index is 3.06. The lowest BCUT2D eigenvalue weighted by atomic mass is 10.0. The van der Waals surface area contributed by atoms with E-state index < -0.39 is 0 Å². The van der Waals surface area contributed by atoms with Gasteiger partial charge >= 0.3 is 5.97 Å². The summed E-state index contributed by atoms with van der Waals surface area (Å²) >= 11 is 0. The second-order valence-corrected chi connectivity index (χ2v) is 3.12. The fourth-order valence-corrected chi connectivity index (χ4v) is 1.24. The summed E-state index contributed by atoms with van der Waals surface area (Å²) in [6.45, 7) is 1.88. The lowest BCUT2D eigenvalue weighted by Crippen LogP contribution is -2.09. The fraction of sp³-hybridized carbons (Fsp3) is 0.300. The quantitative estimate of drug-likeness (QED) is 0.541. The molecule has 0 aliphatic heterocycles. The molecule has 0 amide bonds. The third kappa shape index (κ3) is 1.96. The third-order valence-electron chi connectivity index (χ3n) is 2.17. The van der Waals surface area contributed by atoms with Gasteiger partial charge in [-0.2, -0.15) is 0 Å². The van der Waals surface area contributed by atoms with Crippen LogP contribution in [-0.4, -0.2) is 13.1 Å². The second-order valence-electron chi connectivity index (χ2n) is 3.12. The topological polar surface area (TPSA) is 78.3 Å². The number of hydrogen-bond donors (Lipinski definition) is 2. The number of aryl methyl sites for hydroxylation is 1. The van der Waals surface area contributed by atoms with Crippen LogP contribution < -0.4 is 11.5 Å². The molecular weight excluding hydrogens is 180 g/mol. The van der Waals surface area contributed by atoms with E-state index in [4.69, 9.17) is 11.5 Å². The van der Waals surface area contributed by atoms with Gasteiger partial charge in [0.25, 0.3) is 0 Å². The third-order valence-corrected chi connectivity index (χ3v) is 2.17.